The van der Waals surface area contributed by atoms with E-state index in [1.54, 1.807) is 11.8 Å². The van der Waals surface area contributed by atoms with Gasteiger partial charge in [0.25, 0.3) is 0 Å². The molecule has 0 fully saturated rings. The SMILES string of the molecule is CC(C)CN(CC(N)=O)c1nnc(C(C)Cl)o1. The molecule has 7 heteroatoms. The van der Waals surface area contributed by atoms with Gasteiger partial charge in [-0.1, -0.05) is 18.9 Å². The highest BCUT2D eigenvalue weighted by Crippen LogP contribution is 2.21. The minimum Gasteiger partial charge on any atom is -0.406 e. The van der Waals surface area contributed by atoms with Crippen molar-refractivity contribution in [2.24, 2.45) is 11.7 Å². The van der Waals surface area contributed by atoms with Gasteiger partial charge in [0.1, 0.15) is 11.9 Å². The lowest BCUT2D eigenvalue weighted by Crippen LogP contribution is -2.36. The molecule has 0 saturated heterocycles. The molecule has 1 unspecified atom stereocenters. The van der Waals surface area contributed by atoms with Crippen molar-refractivity contribution in [3.8, 4) is 0 Å². The van der Waals surface area contributed by atoms with Crippen LogP contribution in [0, 0.1) is 5.92 Å². The first-order chi connectivity index (χ1) is 7.90. The molecule has 0 radical (unpaired) electrons. The van der Waals surface area contributed by atoms with Crippen molar-refractivity contribution >= 4 is 23.5 Å². The number of anilines is 1. The molecular weight excluding hydrogens is 244 g/mol. The third-order valence-corrected chi connectivity index (χ3v) is 2.16. The fourth-order valence-corrected chi connectivity index (χ4v) is 1.44. The van der Waals surface area contributed by atoms with Gasteiger partial charge in [-0.3, -0.25) is 4.79 Å². The van der Waals surface area contributed by atoms with Crippen LogP contribution in [0.1, 0.15) is 32.0 Å². The number of carbonyl (C=O) groups is 1. The molecule has 17 heavy (non-hydrogen) atoms. The number of hydrogen-bond acceptors (Lipinski definition) is 5. The summed E-state index contributed by atoms with van der Waals surface area (Å²) in [6.45, 7) is 6.45. The van der Waals surface area contributed by atoms with Gasteiger partial charge in [0.15, 0.2) is 0 Å². The van der Waals surface area contributed by atoms with Crippen LogP contribution in [0.5, 0.6) is 0 Å². The largest absolute Gasteiger partial charge is 0.406 e. The van der Waals surface area contributed by atoms with Crippen LogP contribution in [0.3, 0.4) is 0 Å². The standard InChI is InChI=1S/C10H17ClN4O2/c1-6(2)4-15(5-8(12)16)10-14-13-9(17-10)7(3)11/h6-7H,4-5H2,1-3H3,(H2,12,16). The lowest BCUT2D eigenvalue weighted by Gasteiger charge is -2.20. The lowest BCUT2D eigenvalue weighted by molar-refractivity contribution is -0.116. The molecule has 0 aliphatic rings. The van der Waals surface area contributed by atoms with Crippen molar-refractivity contribution in [1.82, 2.24) is 10.2 Å². The smallest absolute Gasteiger partial charge is 0.318 e. The number of nitrogens with two attached hydrogens (primary N) is 1. The molecule has 96 valence electrons. The second-order valence-electron chi connectivity index (χ2n) is 4.28. The van der Waals surface area contributed by atoms with E-state index < -0.39 is 5.91 Å². The summed E-state index contributed by atoms with van der Waals surface area (Å²) in [5.41, 5.74) is 5.18. The number of amides is 1. The predicted octanol–water partition coefficient (Wildman–Crippen LogP) is 1.32. The van der Waals surface area contributed by atoms with E-state index >= 15 is 0 Å². The summed E-state index contributed by atoms with van der Waals surface area (Å²) >= 11 is 5.83. The van der Waals surface area contributed by atoms with E-state index in [1.165, 1.54) is 0 Å². The van der Waals surface area contributed by atoms with Crippen LogP contribution in [0.4, 0.5) is 6.01 Å². The molecule has 2 N–H and O–H groups in total. The summed E-state index contributed by atoms with van der Waals surface area (Å²) in [6, 6.07) is 0.278. The van der Waals surface area contributed by atoms with E-state index in [-0.39, 0.29) is 17.9 Å². The predicted molar refractivity (Wildman–Crippen MR) is 64.8 cm³/mol. The zero-order valence-corrected chi connectivity index (χ0v) is 10.9. The fourth-order valence-electron chi connectivity index (χ4n) is 1.35. The molecule has 6 nitrogen and oxygen atoms in total. The van der Waals surface area contributed by atoms with Gasteiger partial charge in [-0.25, -0.2) is 0 Å². The molecule has 0 aromatic carbocycles. The normalized spacial score (nSPS) is 12.8. The summed E-state index contributed by atoms with van der Waals surface area (Å²) in [7, 11) is 0. The van der Waals surface area contributed by atoms with Crippen LogP contribution in [0.25, 0.3) is 0 Å². The van der Waals surface area contributed by atoms with Crippen LogP contribution in [-0.4, -0.2) is 29.2 Å². The van der Waals surface area contributed by atoms with Gasteiger partial charge in [-0.15, -0.1) is 16.7 Å². The van der Waals surface area contributed by atoms with Gasteiger partial charge in [-0.2, -0.15) is 0 Å². The van der Waals surface area contributed by atoms with E-state index in [9.17, 15) is 4.79 Å². The van der Waals surface area contributed by atoms with Gasteiger partial charge in [-0.05, 0) is 12.8 Å². The van der Waals surface area contributed by atoms with Crippen molar-refractivity contribution in [1.29, 1.82) is 0 Å². The van der Waals surface area contributed by atoms with Crippen molar-refractivity contribution in [3.05, 3.63) is 5.89 Å². The van der Waals surface area contributed by atoms with Crippen LogP contribution >= 0.6 is 11.6 Å². The Bertz CT molecular complexity index is 378. The van der Waals surface area contributed by atoms with E-state index in [4.69, 9.17) is 21.8 Å². The topological polar surface area (TPSA) is 85.2 Å². The monoisotopic (exact) mass is 260 g/mol. The summed E-state index contributed by atoms with van der Waals surface area (Å²) < 4.78 is 5.37. The third-order valence-electron chi connectivity index (χ3n) is 1.97. The maximum absolute atomic E-state index is 11.0. The maximum Gasteiger partial charge on any atom is 0.318 e. The Labute approximate surface area is 105 Å². The molecule has 1 amide bonds. The minimum atomic E-state index is -0.440. The third kappa shape index (κ3) is 4.22. The Kier molecular flexibility index (Phi) is 4.74. The van der Waals surface area contributed by atoms with Crippen LogP contribution in [-0.2, 0) is 4.79 Å². The Hall–Kier alpha value is -1.30. The molecule has 0 spiro atoms. The second-order valence-corrected chi connectivity index (χ2v) is 4.93. The molecule has 0 bridgehead atoms. The zero-order chi connectivity index (χ0) is 13.0. The number of alkyl halides is 1. The zero-order valence-electron chi connectivity index (χ0n) is 10.2. The average Bonchev–Trinajstić information content (AvgIpc) is 2.63. The van der Waals surface area contributed by atoms with E-state index in [1.807, 2.05) is 13.8 Å². The first kappa shape index (κ1) is 13.8. The summed E-state index contributed by atoms with van der Waals surface area (Å²) in [4.78, 5) is 12.6. The van der Waals surface area contributed by atoms with Crippen molar-refractivity contribution in [3.63, 3.8) is 0 Å². The van der Waals surface area contributed by atoms with Gasteiger partial charge in [0, 0.05) is 6.54 Å². The molecule has 1 rings (SSSR count). The molecule has 0 aliphatic heterocycles. The summed E-state index contributed by atoms with van der Waals surface area (Å²) in [6.07, 6.45) is 0. The van der Waals surface area contributed by atoms with E-state index in [0.29, 0.717) is 18.4 Å². The van der Waals surface area contributed by atoms with Crippen LogP contribution in [0.2, 0.25) is 0 Å². The molecular formula is C10H17ClN4O2. The summed E-state index contributed by atoms with van der Waals surface area (Å²) in [5, 5.41) is 7.31. The fraction of sp³-hybridized carbons (Fsp3) is 0.700. The average molecular weight is 261 g/mol. The van der Waals surface area contributed by atoms with Crippen LogP contribution in [0.15, 0.2) is 4.42 Å². The number of halogens is 1. The second kappa shape index (κ2) is 5.86. The number of rotatable bonds is 6. The van der Waals surface area contributed by atoms with Gasteiger partial charge < -0.3 is 15.1 Å². The van der Waals surface area contributed by atoms with Crippen molar-refractivity contribution in [2.75, 3.05) is 18.0 Å². The van der Waals surface area contributed by atoms with Gasteiger partial charge in [0.2, 0.25) is 11.8 Å². The molecule has 0 saturated carbocycles. The Morgan fingerprint density at radius 2 is 2.12 bits per heavy atom. The number of hydrogen-bond donors (Lipinski definition) is 1. The molecule has 1 aromatic heterocycles. The Balaban J connectivity index is 2.83. The first-order valence-electron chi connectivity index (χ1n) is 5.41. The Morgan fingerprint density at radius 1 is 1.47 bits per heavy atom. The minimum absolute atomic E-state index is 0.0521. The number of aromatic nitrogens is 2. The van der Waals surface area contributed by atoms with E-state index in [2.05, 4.69) is 10.2 Å². The van der Waals surface area contributed by atoms with E-state index in [0.717, 1.165) is 0 Å². The first-order valence-corrected chi connectivity index (χ1v) is 5.84. The highest BCUT2D eigenvalue weighted by Gasteiger charge is 2.19. The van der Waals surface area contributed by atoms with Crippen molar-refractivity contribution in [2.45, 2.75) is 26.1 Å². The number of primary amides is 1. The number of nitrogens with zero attached hydrogens (tertiary/aromatic N) is 3. The van der Waals surface area contributed by atoms with Crippen LogP contribution < -0.4 is 10.6 Å². The molecule has 1 aromatic rings. The highest BCUT2D eigenvalue weighted by molar-refractivity contribution is 6.20. The molecule has 0 aliphatic carbocycles. The molecule has 1 heterocycles. The molecule has 1 atom stereocenters. The Morgan fingerprint density at radius 3 is 2.53 bits per heavy atom. The number of carbonyl (C=O) groups excluding carboxylic acids is 1. The lowest BCUT2D eigenvalue weighted by atomic mass is 10.2. The maximum atomic E-state index is 11.0. The van der Waals surface area contributed by atoms with Gasteiger partial charge in [0.05, 0.1) is 0 Å². The van der Waals surface area contributed by atoms with Gasteiger partial charge >= 0.3 is 6.01 Å². The summed E-state index contributed by atoms with van der Waals surface area (Å²) in [5.74, 6) is 0.238. The highest BCUT2D eigenvalue weighted by atomic mass is 35.5. The quantitative estimate of drug-likeness (QED) is 0.780. The van der Waals surface area contributed by atoms with Crippen molar-refractivity contribution < 1.29 is 9.21 Å².